The summed E-state index contributed by atoms with van der Waals surface area (Å²) in [4.78, 5) is 18.4. The van der Waals surface area contributed by atoms with Crippen molar-refractivity contribution in [1.82, 2.24) is 9.88 Å². The van der Waals surface area contributed by atoms with Crippen LogP contribution >= 0.6 is 23.4 Å². The molecule has 1 aromatic heterocycles. The fraction of sp³-hybridized carbons (Fsp3) is 0.538. The summed E-state index contributed by atoms with van der Waals surface area (Å²) < 4.78 is 5.10. The molecule has 1 aliphatic heterocycles. The summed E-state index contributed by atoms with van der Waals surface area (Å²) in [5, 5.41) is 0.399. The van der Waals surface area contributed by atoms with Gasteiger partial charge in [0.1, 0.15) is 5.15 Å². The number of pyridine rings is 1. The summed E-state index contributed by atoms with van der Waals surface area (Å²) in [6.45, 7) is 1.16. The molecule has 19 heavy (non-hydrogen) atoms. The molecule has 1 saturated heterocycles. The van der Waals surface area contributed by atoms with E-state index in [-0.39, 0.29) is 5.91 Å². The third-order valence-electron chi connectivity index (χ3n) is 3.12. The number of ether oxygens (including phenoxy) is 1. The quantitative estimate of drug-likeness (QED) is 0.783. The van der Waals surface area contributed by atoms with E-state index in [0.717, 1.165) is 17.9 Å². The minimum Gasteiger partial charge on any atom is -0.383 e. The lowest BCUT2D eigenvalue weighted by Gasteiger charge is -2.28. The first-order valence-electron chi connectivity index (χ1n) is 6.21. The second-order valence-corrected chi connectivity index (χ2v) is 5.92. The van der Waals surface area contributed by atoms with E-state index in [0.29, 0.717) is 29.9 Å². The van der Waals surface area contributed by atoms with Gasteiger partial charge in [0.15, 0.2) is 0 Å². The Balaban J connectivity index is 2.11. The summed E-state index contributed by atoms with van der Waals surface area (Å²) in [7, 11) is 1.65. The Hall–Kier alpha value is -0.780. The Morgan fingerprint density at radius 2 is 2.47 bits per heavy atom. The third-order valence-corrected chi connectivity index (χ3v) is 4.49. The maximum absolute atomic E-state index is 12.5. The predicted molar refractivity (Wildman–Crippen MR) is 77.9 cm³/mol. The number of carbonyl (C=O) groups is 1. The molecule has 1 atom stereocenters. The van der Waals surface area contributed by atoms with Crippen molar-refractivity contribution in [3.63, 3.8) is 0 Å². The fourth-order valence-corrected chi connectivity index (χ4v) is 3.41. The molecule has 0 bridgehead atoms. The van der Waals surface area contributed by atoms with Gasteiger partial charge in [0, 0.05) is 31.6 Å². The van der Waals surface area contributed by atoms with Crippen LogP contribution in [0.1, 0.15) is 16.8 Å². The highest BCUT2D eigenvalue weighted by molar-refractivity contribution is 7.99. The smallest absolute Gasteiger partial charge is 0.255 e. The third kappa shape index (κ3) is 3.84. The summed E-state index contributed by atoms with van der Waals surface area (Å²) in [5.74, 6) is 2.12. The van der Waals surface area contributed by atoms with Gasteiger partial charge in [-0.25, -0.2) is 4.98 Å². The number of rotatable bonds is 5. The Morgan fingerprint density at radius 1 is 1.63 bits per heavy atom. The van der Waals surface area contributed by atoms with Gasteiger partial charge in [-0.2, -0.15) is 11.8 Å². The van der Waals surface area contributed by atoms with E-state index in [4.69, 9.17) is 16.3 Å². The average molecular weight is 301 g/mol. The zero-order valence-electron chi connectivity index (χ0n) is 10.8. The van der Waals surface area contributed by atoms with E-state index >= 15 is 0 Å². The maximum atomic E-state index is 12.5. The second-order valence-electron chi connectivity index (χ2n) is 4.38. The van der Waals surface area contributed by atoms with Crippen LogP contribution in [0.5, 0.6) is 0 Å². The lowest BCUT2D eigenvalue weighted by molar-refractivity contribution is 0.0624. The molecule has 1 fully saturated rings. The molecule has 0 saturated carbocycles. The molecule has 0 spiro atoms. The molecular formula is C13H17ClN2O2S. The number of carbonyl (C=O) groups excluding carboxylic acids is 1. The van der Waals surface area contributed by atoms with Crippen molar-refractivity contribution < 1.29 is 9.53 Å². The highest BCUT2D eigenvalue weighted by Gasteiger charge is 2.27. The van der Waals surface area contributed by atoms with E-state index in [1.807, 2.05) is 16.7 Å². The van der Waals surface area contributed by atoms with Gasteiger partial charge in [0.05, 0.1) is 12.2 Å². The van der Waals surface area contributed by atoms with Crippen LogP contribution in [0.25, 0.3) is 0 Å². The van der Waals surface area contributed by atoms with Crippen LogP contribution in [0.3, 0.4) is 0 Å². The lowest BCUT2D eigenvalue weighted by atomic mass is 10.1. The highest BCUT2D eigenvalue weighted by atomic mass is 35.5. The van der Waals surface area contributed by atoms with Gasteiger partial charge >= 0.3 is 0 Å². The van der Waals surface area contributed by atoms with Gasteiger partial charge in [-0.1, -0.05) is 11.6 Å². The van der Waals surface area contributed by atoms with Crippen LogP contribution in [0, 0.1) is 0 Å². The van der Waals surface area contributed by atoms with Crippen LogP contribution < -0.4 is 0 Å². The number of aromatic nitrogens is 1. The Kier molecular flexibility index (Phi) is 5.48. The normalized spacial score (nSPS) is 18.5. The number of hydrogen-bond donors (Lipinski definition) is 0. The van der Waals surface area contributed by atoms with Crippen molar-refractivity contribution in [2.75, 3.05) is 31.8 Å². The molecule has 6 heteroatoms. The molecule has 0 radical (unpaired) electrons. The van der Waals surface area contributed by atoms with Crippen LogP contribution in [0.15, 0.2) is 18.3 Å². The molecule has 2 heterocycles. The molecule has 4 nitrogen and oxygen atoms in total. The average Bonchev–Trinajstić information content (AvgIpc) is 2.94. The number of hydrogen-bond acceptors (Lipinski definition) is 4. The molecule has 1 aromatic rings. The van der Waals surface area contributed by atoms with E-state index < -0.39 is 0 Å². The zero-order chi connectivity index (χ0) is 13.7. The predicted octanol–water partition coefficient (Wildman–Crippen LogP) is 2.33. The van der Waals surface area contributed by atoms with E-state index in [1.54, 1.807) is 19.2 Å². The van der Waals surface area contributed by atoms with Crippen LogP contribution in [-0.2, 0) is 4.74 Å². The minimum atomic E-state index is 0.00807. The Bertz CT molecular complexity index is 421. The summed E-state index contributed by atoms with van der Waals surface area (Å²) in [5.41, 5.74) is 0.581. The molecule has 104 valence electrons. The van der Waals surface area contributed by atoms with Gasteiger partial charge in [0.25, 0.3) is 5.91 Å². The van der Waals surface area contributed by atoms with Crippen molar-refractivity contribution in [2.24, 2.45) is 0 Å². The van der Waals surface area contributed by atoms with Crippen molar-refractivity contribution >= 4 is 29.3 Å². The number of methoxy groups -OCH3 is 1. The minimum absolute atomic E-state index is 0.00807. The molecule has 0 aliphatic carbocycles. The monoisotopic (exact) mass is 300 g/mol. The van der Waals surface area contributed by atoms with Crippen molar-refractivity contribution in [3.05, 3.63) is 29.0 Å². The summed E-state index contributed by atoms with van der Waals surface area (Å²) in [6, 6.07) is 3.66. The van der Waals surface area contributed by atoms with Gasteiger partial charge in [-0.05, 0) is 24.3 Å². The van der Waals surface area contributed by atoms with Crippen molar-refractivity contribution in [3.8, 4) is 0 Å². The summed E-state index contributed by atoms with van der Waals surface area (Å²) >= 11 is 7.63. The summed E-state index contributed by atoms with van der Waals surface area (Å²) in [6.07, 6.45) is 2.58. The first-order chi connectivity index (χ1) is 9.22. The van der Waals surface area contributed by atoms with Crippen LogP contribution in [-0.4, -0.2) is 53.6 Å². The van der Waals surface area contributed by atoms with E-state index in [2.05, 4.69) is 4.98 Å². The zero-order valence-corrected chi connectivity index (χ0v) is 12.4. The topological polar surface area (TPSA) is 42.4 Å². The molecule has 0 aromatic carbocycles. The van der Waals surface area contributed by atoms with Crippen molar-refractivity contribution in [2.45, 2.75) is 12.5 Å². The van der Waals surface area contributed by atoms with Crippen LogP contribution in [0.2, 0.25) is 5.15 Å². The largest absolute Gasteiger partial charge is 0.383 e. The number of nitrogens with zero attached hydrogens (tertiary/aromatic N) is 2. The van der Waals surface area contributed by atoms with Gasteiger partial charge in [0.2, 0.25) is 0 Å². The molecule has 1 unspecified atom stereocenters. The second kappa shape index (κ2) is 7.12. The van der Waals surface area contributed by atoms with Gasteiger partial charge < -0.3 is 9.64 Å². The van der Waals surface area contributed by atoms with Gasteiger partial charge in [-0.15, -0.1) is 0 Å². The van der Waals surface area contributed by atoms with Crippen LogP contribution in [0.4, 0.5) is 0 Å². The molecule has 1 amide bonds. The SMILES string of the molecule is COCCN(C(=O)c1ccc(Cl)nc1)C1CCSC1. The Morgan fingerprint density at radius 3 is 3.05 bits per heavy atom. The van der Waals surface area contributed by atoms with Gasteiger partial charge in [-0.3, -0.25) is 4.79 Å². The Labute approximate surface area is 122 Å². The van der Waals surface area contributed by atoms with E-state index in [1.165, 1.54) is 6.20 Å². The fourth-order valence-electron chi connectivity index (χ4n) is 2.08. The molecular weight excluding hydrogens is 284 g/mol. The number of halogens is 1. The standard InChI is InChI=1S/C13H17ClN2O2S/c1-18-6-5-16(11-4-7-19-9-11)13(17)10-2-3-12(14)15-8-10/h2-3,8,11H,4-7,9H2,1H3. The van der Waals surface area contributed by atoms with E-state index in [9.17, 15) is 4.79 Å². The van der Waals surface area contributed by atoms with Crippen molar-refractivity contribution in [1.29, 1.82) is 0 Å². The number of thioether (sulfide) groups is 1. The molecule has 2 rings (SSSR count). The number of amides is 1. The molecule has 1 aliphatic rings. The first-order valence-corrected chi connectivity index (χ1v) is 7.75. The maximum Gasteiger partial charge on any atom is 0.255 e. The first kappa shape index (κ1) is 14.6. The highest BCUT2D eigenvalue weighted by Crippen LogP contribution is 2.23. The molecule has 0 N–H and O–H groups in total. The lowest BCUT2D eigenvalue weighted by Crippen LogP contribution is -2.42.